The molecule has 25 heavy (non-hydrogen) atoms. The van der Waals surface area contributed by atoms with Crippen molar-refractivity contribution in [1.29, 1.82) is 0 Å². The number of nitrogens with one attached hydrogen (secondary N) is 2. The quantitative estimate of drug-likeness (QED) is 0.552. The van der Waals surface area contributed by atoms with E-state index in [1.807, 2.05) is 12.1 Å². The van der Waals surface area contributed by atoms with Gasteiger partial charge in [0.2, 0.25) is 0 Å². The van der Waals surface area contributed by atoms with Gasteiger partial charge in [0.25, 0.3) is 0 Å². The van der Waals surface area contributed by atoms with E-state index in [0.29, 0.717) is 0 Å². The van der Waals surface area contributed by atoms with Crippen molar-refractivity contribution in [2.45, 2.75) is 20.3 Å². The highest BCUT2D eigenvalue weighted by Crippen LogP contribution is 2.03. The van der Waals surface area contributed by atoms with Crippen LogP contribution < -0.4 is 10.6 Å². The van der Waals surface area contributed by atoms with Crippen LogP contribution in [0.3, 0.4) is 0 Å². The molecule has 0 radical (unpaired) electrons. The Morgan fingerprint density at radius 2 is 1.72 bits per heavy atom. The van der Waals surface area contributed by atoms with Crippen molar-refractivity contribution in [2.75, 3.05) is 58.9 Å². The largest absolute Gasteiger partial charge is 0.357 e. The van der Waals surface area contributed by atoms with Crippen LogP contribution in [0, 0.1) is 5.82 Å². The second kappa shape index (κ2) is 11.1. The Morgan fingerprint density at radius 1 is 1.04 bits per heavy atom. The Balaban J connectivity index is 1.69. The van der Waals surface area contributed by atoms with Gasteiger partial charge < -0.3 is 15.5 Å². The van der Waals surface area contributed by atoms with Gasteiger partial charge in [0.15, 0.2) is 5.96 Å². The van der Waals surface area contributed by atoms with Gasteiger partial charge in [-0.1, -0.05) is 19.1 Å². The van der Waals surface area contributed by atoms with Crippen molar-refractivity contribution in [1.82, 2.24) is 20.4 Å². The molecule has 5 nitrogen and oxygen atoms in total. The molecule has 1 heterocycles. The van der Waals surface area contributed by atoms with Crippen molar-refractivity contribution >= 4 is 5.96 Å². The Kier molecular flexibility index (Phi) is 8.69. The molecule has 0 aliphatic carbocycles. The molecule has 140 valence electrons. The molecule has 0 spiro atoms. The molecule has 6 heteroatoms. The number of halogens is 1. The second-order valence-electron chi connectivity index (χ2n) is 6.34. The van der Waals surface area contributed by atoms with Crippen molar-refractivity contribution < 1.29 is 4.39 Å². The van der Waals surface area contributed by atoms with Gasteiger partial charge in [-0.05, 0) is 37.6 Å². The molecule has 1 saturated heterocycles. The Morgan fingerprint density at radius 3 is 2.36 bits per heavy atom. The molecule has 1 aromatic rings. The standard InChI is InChI=1S/C19H32FN5/c1-3-21-19(22-10-9-17-5-7-18(20)8-6-17)23-11-12-25-15-13-24(4-2)14-16-25/h5-8H,3-4,9-16H2,1-2H3,(H2,21,22,23). The van der Waals surface area contributed by atoms with E-state index in [2.05, 4.69) is 39.3 Å². The van der Waals surface area contributed by atoms with Crippen molar-refractivity contribution in [3.63, 3.8) is 0 Å². The Bertz CT molecular complexity index is 509. The van der Waals surface area contributed by atoms with Crippen LogP contribution in [0.5, 0.6) is 0 Å². The van der Waals surface area contributed by atoms with Crippen LogP contribution in [0.15, 0.2) is 29.3 Å². The maximum Gasteiger partial charge on any atom is 0.191 e. The van der Waals surface area contributed by atoms with Gasteiger partial charge in [0.05, 0.1) is 6.54 Å². The summed E-state index contributed by atoms with van der Waals surface area (Å²) in [6.07, 6.45) is 0.851. The van der Waals surface area contributed by atoms with Crippen molar-refractivity contribution in [3.05, 3.63) is 35.6 Å². The minimum absolute atomic E-state index is 0.189. The fourth-order valence-electron chi connectivity index (χ4n) is 2.95. The molecule has 0 atom stereocenters. The Hall–Kier alpha value is -1.66. The lowest BCUT2D eigenvalue weighted by Gasteiger charge is -2.33. The molecule has 1 aliphatic rings. The summed E-state index contributed by atoms with van der Waals surface area (Å²) in [5.41, 5.74) is 1.12. The molecule has 2 N–H and O–H groups in total. The van der Waals surface area contributed by atoms with Gasteiger partial charge in [0.1, 0.15) is 5.82 Å². The minimum Gasteiger partial charge on any atom is -0.357 e. The average Bonchev–Trinajstić information content (AvgIpc) is 2.64. The maximum atomic E-state index is 12.9. The number of aliphatic imine (C=N–C) groups is 1. The lowest BCUT2D eigenvalue weighted by atomic mass is 10.1. The maximum absolute atomic E-state index is 12.9. The smallest absolute Gasteiger partial charge is 0.191 e. The summed E-state index contributed by atoms with van der Waals surface area (Å²) >= 11 is 0. The minimum atomic E-state index is -0.189. The first kappa shape index (κ1) is 19.7. The van der Waals surface area contributed by atoms with E-state index in [1.54, 1.807) is 0 Å². The molecule has 1 aliphatic heterocycles. The third-order valence-corrected chi connectivity index (χ3v) is 4.56. The number of benzene rings is 1. The van der Waals surface area contributed by atoms with E-state index in [1.165, 1.54) is 12.1 Å². The molecule has 0 saturated carbocycles. The molecule has 0 amide bonds. The summed E-state index contributed by atoms with van der Waals surface area (Å²) in [5, 5.41) is 6.64. The van der Waals surface area contributed by atoms with Crippen molar-refractivity contribution in [2.24, 2.45) is 4.99 Å². The summed E-state index contributed by atoms with van der Waals surface area (Å²) in [6.45, 7) is 13.5. The van der Waals surface area contributed by atoms with Gasteiger partial charge >= 0.3 is 0 Å². The predicted molar refractivity (Wildman–Crippen MR) is 103 cm³/mol. The zero-order valence-corrected chi connectivity index (χ0v) is 15.6. The van der Waals surface area contributed by atoms with Crippen LogP contribution in [0.2, 0.25) is 0 Å². The first-order chi connectivity index (χ1) is 12.2. The number of rotatable bonds is 8. The van der Waals surface area contributed by atoms with Crippen LogP contribution in [0.25, 0.3) is 0 Å². The van der Waals surface area contributed by atoms with E-state index in [9.17, 15) is 4.39 Å². The molecular weight excluding hydrogens is 317 g/mol. The third-order valence-electron chi connectivity index (χ3n) is 4.56. The first-order valence-corrected chi connectivity index (χ1v) is 9.42. The average molecular weight is 349 g/mol. The third kappa shape index (κ3) is 7.40. The zero-order valence-electron chi connectivity index (χ0n) is 15.6. The fraction of sp³-hybridized carbons (Fsp3) is 0.632. The number of hydrogen-bond acceptors (Lipinski definition) is 3. The van der Waals surface area contributed by atoms with Crippen molar-refractivity contribution in [3.8, 4) is 0 Å². The molecule has 1 fully saturated rings. The van der Waals surface area contributed by atoms with E-state index >= 15 is 0 Å². The zero-order chi connectivity index (χ0) is 17.9. The van der Waals surface area contributed by atoms with E-state index < -0.39 is 0 Å². The topological polar surface area (TPSA) is 42.9 Å². The monoisotopic (exact) mass is 349 g/mol. The SMILES string of the molecule is CCNC(=NCCN1CCN(CC)CC1)NCCc1ccc(F)cc1. The van der Waals surface area contributed by atoms with E-state index in [-0.39, 0.29) is 5.82 Å². The molecule has 1 aromatic carbocycles. The molecule has 2 rings (SSSR count). The number of hydrogen-bond donors (Lipinski definition) is 2. The van der Waals surface area contributed by atoms with Gasteiger partial charge in [-0.3, -0.25) is 9.89 Å². The van der Waals surface area contributed by atoms with Crippen LogP contribution in [0.1, 0.15) is 19.4 Å². The fourth-order valence-corrected chi connectivity index (χ4v) is 2.95. The summed E-state index contributed by atoms with van der Waals surface area (Å²) < 4.78 is 12.9. The predicted octanol–water partition coefficient (Wildman–Crippen LogP) is 1.56. The Labute approximate surface area is 151 Å². The number of piperazine rings is 1. The highest BCUT2D eigenvalue weighted by atomic mass is 19.1. The summed E-state index contributed by atoms with van der Waals surface area (Å²) in [5.74, 6) is 0.670. The van der Waals surface area contributed by atoms with Gasteiger partial charge in [0, 0.05) is 45.8 Å². The molecular formula is C19H32FN5. The van der Waals surface area contributed by atoms with Crippen LogP contribution in [-0.4, -0.2) is 74.7 Å². The van der Waals surface area contributed by atoms with E-state index in [4.69, 9.17) is 0 Å². The van der Waals surface area contributed by atoms with Crippen LogP contribution in [0.4, 0.5) is 4.39 Å². The highest BCUT2D eigenvalue weighted by Gasteiger charge is 2.14. The second-order valence-corrected chi connectivity index (χ2v) is 6.34. The van der Waals surface area contributed by atoms with Gasteiger partial charge in [-0.25, -0.2) is 4.39 Å². The summed E-state index contributed by atoms with van der Waals surface area (Å²) in [6, 6.07) is 6.67. The lowest BCUT2D eigenvalue weighted by molar-refractivity contribution is 0.140. The summed E-state index contributed by atoms with van der Waals surface area (Å²) in [4.78, 5) is 9.64. The number of guanidine groups is 1. The first-order valence-electron chi connectivity index (χ1n) is 9.42. The van der Waals surface area contributed by atoms with Crippen LogP contribution >= 0.6 is 0 Å². The number of nitrogens with zero attached hydrogens (tertiary/aromatic N) is 3. The number of likely N-dealkylation sites (N-methyl/N-ethyl adjacent to an activating group) is 1. The van der Waals surface area contributed by atoms with Gasteiger partial charge in [-0.2, -0.15) is 0 Å². The summed E-state index contributed by atoms with van der Waals surface area (Å²) in [7, 11) is 0. The normalized spacial score (nSPS) is 16.8. The van der Waals surface area contributed by atoms with E-state index in [0.717, 1.165) is 76.8 Å². The molecule has 0 bridgehead atoms. The molecule has 0 aromatic heterocycles. The highest BCUT2D eigenvalue weighted by molar-refractivity contribution is 5.79. The lowest BCUT2D eigenvalue weighted by Crippen LogP contribution is -2.47. The van der Waals surface area contributed by atoms with Crippen LogP contribution in [-0.2, 0) is 6.42 Å². The molecule has 0 unspecified atom stereocenters. The van der Waals surface area contributed by atoms with Gasteiger partial charge in [-0.15, -0.1) is 0 Å².